The van der Waals surface area contributed by atoms with Crippen molar-refractivity contribution in [3.8, 4) is 11.8 Å². The molecule has 0 atom stereocenters. The zero-order chi connectivity index (χ0) is 17.7. The molecule has 1 amide bonds. The van der Waals surface area contributed by atoms with E-state index in [0.717, 1.165) is 16.7 Å². The molecule has 24 heavy (non-hydrogen) atoms. The molecule has 2 aromatic carbocycles. The molecule has 0 radical (unpaired) electrons. The summed E-state index contributed by atoms with van der Waals surface area (Å²) < 4.78 is 5.21. The minimum atomic E-state index is -0.524. The summed E-state index contributed by atoms with van der Waals surface area (Å²) in [5, 5.41) is 2.69. The van der Waals surface area contributed by atoms with Crippen LogP contribution in [0.4, 0.5) is 16.2 Å². The number of nitrogens with two attached hydrogens (primary N) is 1. The summed E-state index contributed by atoms with van der Waals surface area (Å²) in [5.74, 6) is 6.13. The molecule has 0 aliphatic rings. The van der Waals surface area contributed by atoms with Crippen molar-refractivity contribution in [3.63, 3.8) is 0 Å². The Labute approximate surface area is 143 Å². The molecular weight excluding hydrogens is 300 g/mol. The fourth-order valence-electron chi connectivity index (χ4n) is 1.99. The van der Waals surface area contributed by atoms with Gasteiger partial charge in [0.15, 0.2) is 0 Å². The number of nitrogen functional groups attached to an aromatic ring is 1. The van der Waals surface area contributed by atoms with Gasteiger partial charge in [-0.2, -0.15) is 0 Å². The Kier molecular flexibility index (Phi) is 5.15. The third kappa shape index (κ3) is 5.36. The van der Waals surface area contributed by atoms with Crippen LogP contribution in [0.2, 0.25) is 0 Å². The predicted octanol–water partition coefficient (Wildman–Crippen LogP) is 4.32. The number of carbonyl (C=O) groups excluding carboxylic acids is 1. The maximum absolute atomic E-state index is 11.7. The number of anilines is 2. The Morgan fingerprint density at radius 2 is 1.75 bits per heavy atom. The lowest BCUT2D eigenvalue weighted by molar-refractivity contribution is 0.0636. The molecule has 0 fully saturated rings. The van der Waals surface area contributed by atoms with E-state index in [9.17, 15) is 4.79 Å². The van der Waals surface area contributed by atoms with Gasteiger partial charge in [0.05, 0.1) is 0 Å². The van der Waals surface area contributed by atoms with Gasteiger partial charge in [-0.3, -0.25) is 5.32 Å². The van der Waals surface area contributed by atoms with Crippen molar-refractivity contribution >= 4 is 17.5 Å². The lowest BCUT2D eigenvalue weighted by atomic mass is 10.1. The van der Waals surface area contributed by atoms with Gasteiger partial charge in [-0.1, -0.05) is 17.9 Å². The van der Waals surface area contributed by atoms with Gasteiger partial charge in [-0.15, -0.1) is 0 Å². The first-order valence-electron chi connectivity index (χ1n) is 7.71. The molecule has 0 aromatic heterocycles. The van der Waals surface area contributed by atoms with Crippen LogP contribution >= 0.6 is 0 Å². The number of rotatable bonds is 1. The van der Waals surface area contributed by atoms with Gasteiger partial charge < -0.3 is 10.5 Å². The van der Waals surface area contributed by atoms with Crippen LogP contribution in [0.3, 0.4) is 0 Å². The van der Waals surface area contributed by atoms with Gasteiger partial charge in [0.1, 0.15) is 5.60 Å². The van der Waals surface area contributed by atoms with Crippen molar-refractivity contribution in [1.82, 2.24) is 0 Å². The lowest BCUT2D eigenvalue weighted by Crippen LogP contribution is -2.27. The molecule has 0 unspecified atom stereocenters. The Hall–Kier alpha value is -2.93. The minimum absolute atomic E-state index is 0.478. The third-order valence-electron chi connectivity index (χ3n) is 3.08. The predicted molar refractivity (Wildman–Crippen MR) is 97.9 cm³/mol. The number of hydrogen-bond donors (Lipinski definition) is 2. The van der Waals surface area contributed by atoms with E-state index in [1.165, 1.54) is 0 Å². The second kappa shape index (κ2) is 7.10. The smallest absolute Gasteiger partial charge is 0.412 e. The van der Waals surface area contributed by atoms with E-state index in [1.54, 1.807) is 12.1 Å². The minimum Gasteiger partial charge on any atom is -0.444 e. The van der Waals surface area contributed by atoms with Gasteiger partial charge in [0, 0.05) is 22.5 Å². The van der Waals surface area contributed by atoms with Crippen LogP contribution in [0.1, 0.15) is 37.5 Å². The molecule has 0 heterocycles. The van der Waals surface area contributed by atoms with Gasteiger partial charge in [-0.05, 0) is 69.7 Å². The highest BCUT2D eigenvalue weighted by Gasteiger charge is 2.15. The summed E-state index contributed by atoms with van der Waals surface area (Å²) in [4.78, 5) is 11.7. The molecule has 0 saturated carbocycles. The van der Waals surface area contributed by atoms with Crippen molar-refractivity contribution in [1.29, 1.82) is 0 Å². The average Bonchev–Trinajstić information content (AvgIpc) is 2.46. The fourth-order valence-corrected chi connectivity index (χ4v) is 1.99. The maximum Gasteiger partial charge on any atom is 0.412 e. The van der Waals surface area contributed by atoms with E-state index < -0.39 is 11.7 Å². The second-order valence-corrected chi connectivity index (χ2v) is 6.54. The number of ether oxygens (including phenoxy) is 1. The molecule has 0 aliphatic carbocycles. The van der Waals surface area contributed by atoms with Crippen LogP contribution in [0.15, 0.2) is 42.5 Å². The molecule has 0 saturated heterocycles. The SMILES string of the molecule is Cc1ccc(C#Cc2ccc(NC(=O)OC(C)(C)C)cc2)c(N)c1. The standard InChI is InChI=1S/C20H22N2O2/c1-14-5-9-16(18(21)13-14)10-6-15-7-11-17(12-8-15)22-19(23)24-20(2,3)4/h5,7-9,11-13H,21H2,1-4H3,(H,22,23). The van der Waals surface area contributed by atoms with Crippen LogP contribution in [-0.4, -0.2) is 11.7 Å². The highest BCUT2D eigenvalue weighted by atomic mass is 16.6. The van der Waals surface area contributed by atoms with Crippen molar-refractivity contribution < 1.29 is 9.53 Å². The zero-order valence-electron chi connectivity index (χ0n) is 14.4. The average molecular weight is 322 g/mol. The van der Waals surface area contributed by atoms with Crippen molar-refractivity contribution in [2.24, 2.45) is 0 Å². The molecular formula is C20H22N2O2. The molecule has 2 rings (SSSR count). The van der Waals surface area contributed by atoms with Crippen LogP contribution in [0.25, 0.3) is 0 Å². The Balaban J connectivity index is 2.05. The number of benzene rings is 2. The van der Waals surface area contributed by atoms with E-state index in [0.29, 0.717) is 11.4 Å². The molecule has 0 aliphatic heterocycles. The number of aryl methyl sites for hydroxylation is 1. The second-order valence-electron chi connectivity index (χ2n) is 6.54. The maximum atomic E-state index is 11.7. The first kappa shape index (κ1) is 17.4. The van der Waals surface area contributed by atoms with Crippen LogP contribution in [-0.2, 0) is 4.74 Å². The van der Waals surface area contributed by atoms with Gasteiger partial charge in [0.25, 0.3) is 0 Å². The van der Waals surface area contributed by atoms with E-state index in [1.807, 2.05) is 58.0 Å². The zero-order valence-corrected chi connectivity index (χ0v) is 14.4. The Morgan fingerprint density at radius 3 is 2.33 bits per heavy atom. The Morgan fingerprint density at radius 1 is 1.08 bits per heavy atom. The van der Waals surface area contributed by atoms with Gasteiger partial charge in [-0.25, -0.2) is 4.79 Å². The summed E-state index contributed by atoms with van der Waals surface area (Å²) in [5.41, 5.74) is 9.50. The van der Waals surface area contributed by atoms with E-state index in [-0.39, 0.29) is 0 Å². The number of carbonyl (C=O) groups is 1. The van der Waals surface area contributed by atoms with Crippen LogP contribution in [0, 0.1) is 18.8 Å². The number of hydrogen-bond acceptors (Lipinski definition) is 3. The molecule has 124 valence electrons. The molecule has 0 bridgehead atoms. The van der Waals surface area contributed by atoms with Crippen LogP contribution < -0.4 is 11.1 Å². The summed E-state index contributed by atoms with van der Waals surface area (Å²) in [6.07, 6.45) is -0.478. The van der Waals surface area contributed by atoms with Crippen molar-refractivity contribution in [2.75, 3.05) is 11.1 Å². The van der Waals surface area contributed by atoms with Crippen molar-refractivity contribution in [3.05, 3.63) is 59.2 Å². The highest BCUT2D eigenvalue weighted by molar-refractivity contribution is 5.84. The summed E-state index contributed by atoms with van der Waals surface area (Å²) in [6, 6.07) is 13.0. The summed E-state index contributed by atoms with van der Waals surface area (Å²) in [6.45, 7) is 7.45. The quantitative estimate of drug-likeness (QED) is 0.607. The highest BCUT2D eigenvalue weighted by Crippen LogP contribution is 2.14. The van der Waals surface area contributed by atoms with Gasteiger partial charge in [0.2, 0.25) is 0 Å². The third-order valence-corrected chi connectivity index (χ3v) is 3.08. The number of nitrogens with one attached hydrogen (secondary N) is 1. The molecule has 4 heteroatoms. The molecule has 3 N–H and O–H groups in total. The lowest BCUT2D eigenvalue weighted by Gasteiger charge is -2.19. The normalized spacial score (nSPS) is 10.5. The molecule has 2 aromatic rings. The first-order valence-corrected chi connectivity index (χ1v) is 7.71. The van der Waals surface area contributed by atoms with E-state index >= 15 is 0 Å². The first-order chi connectivity index (χ1) is 11.2. The van der Waals surface area contributed by atoms with Gasteiger partial charge >= 0.3 is 6.09 Å². The molecule has 0 spiro atoms. The molecule has 4 nitrogen and oxygen atoms in total. The summed E-state index contributed by atoms with van der Waals surface area (Å²) >= 11 is 0. The van der Waals surface area contributed by atoms with E-state index in [4.69, 9.17) is 10.5 Å². The van der Waals surface area contributed by atoms with E-state index in [2.05, 4.69) is 17.2 Å². The Bertz CT molecular complexity index is 791. The largest absolute Gasteiger partial charge is 0.444 e. The topological polar surface area (TPSA) is 64.3 Å². The van der Waals surface area contributed by atoms with Crippen molar-refractivity contribution in [2.45, 2.75) is 33.3 Å². The fraction of sp³-hybridized carbons (Fsp3) is 0.250. The number of amides is 1. The van der Waals surface area contributed by atoms with Crippen LogP contribution in [0.5, 0.6) is 0 Å². The monoisotopic (exact) mass is 322 g/mol. The summed E-state index contributed by atoms with van der Waals surface area (Å²) in [7, 11) is 0.